The van der Waals surface area contributed by atoms with Gasteiger partial charge in [-0.3, -0.25) is 14.4 Å². The minimum absolute atomic E-state index is 0.145. The zero-order valence-electron chi connectivity index (χ0n) is 27.4. The van der Waals surface area contributed by atoms with Gasteiger partial charge >= 0.3 is 12.1 Å². The fourth-order valence-electron chi connectivity index (χ4n) is 4.78. The molecule has 3 aromatic rings. The van der Waals surface area contributed by atoms with Crippen LogP contribution >= 0.6 is 0 Å². The van der Waals surface area contributed by atoms with Gasteiger partial charge in [0, 0.05) is 19.4 Å². The van der Waals surface area contributed by atoms with E-state index in [1.807, 2.05) is 91.0 Å². The minimum Gasteiger partial charge on any atom is -0.467 e. The molecule has 3 aromatic carbocycles. The van der Waals surface area contributed by atoms with Crippen molar-refractivity contribution in [3.05, 3.63) is 108 Å². The molecular formula is C36H45N5O7. The summed E-state index contributed by atoms with van der Waals surface area (Å²) in [6.45, 7) is 2.02. The summed E-state index contributed by atoms with van der Waals surface area (Å²) in [6, 6.07) is 23.7. The molecule has 0 spiro atoms. The van der Waals surface area contributed by atoms with Gasteiger partial charge in [-0.25, -0.2) is 9.59 Å². The first-order valence-electron chi connectivity index (χ1n) is 15.9. The number of alkyl carbamates (subject to hydrolysis) is 1. The molecule has 0 unspecified atom stereocenters. The molecule has 48 heavy (non-hydrogen) atoms. The molecule has 0 aliphatic rings. The Balaban J connectivity index is 1.48. The maximum Gasteiger partial charge on any atom is 0.407 e. The number of hydrogen-bond donors (Lipinski definition) is 5. The number of nitrogens with two attached hydrogens (primary N) is 1. The maximum absolute atomic E-state index is 13.5. The summed E-state index contributed by atoms with van der Waals surface area (Å²) in [5.41, 5.74) is 8.56. The van der Waals surface area contributed by atoms with Crippen molar-refractivity contribution in [3.63, 3.8) is 0 Å². The molecule has 4 atom stereocenters. The molecule has 0 fully saturated rings. The van der Waals surface area contributed by atoms with Crippen molar-refractivity contribution >= 4 is 29.8 Å². The molecule has 4 amide bonds. The second-order valence-corrected chi connectivity index (χ2v) is 11.3. The summed E-state index contributed by atoms with van der Waals surface area (Å²) < 4.78 is 10.1. The van der Waals surface area contributed by atoms with Crippen LogP contribution in [0, 0.1) is 0 Å². The lowest BCUT2D eigenvalue weighted by molar-refractivity contribution is -0.145. The molecular weight excluding hydrogens is 614 g/mol. The van der Waals surface area contributed by atoms with Crippen LogP contribution in [0.25, 0.3) is 0 Å². The number of ether oxygens (including phenoxy) is 2. The molecule has 256 valence electrons. The third-order valence-electron chi connectivity index (χ3n) is 7.51. The van der Waals surface area contributed by atoms with Crippen LogP contribution in [0.4, 0.5) is 4.79 Å². The van der Waals surface area contributed by atoms with E-state index in [4.69, 9.17) is 15.2 Å². The van der Waals surface area contributed by atoms with Crippen LogP contribution < -0.4 is 27.0 Å². The summed E-state index contributed by atoms with van der Waals surface area (Å²) >= 11 is 0. The second kappa shape index (κ2) is 20.1. The molecule has 0 bridgehead atoms. The number of esters is 1. The quantitative estimate of drug-likeness (QED) is 0.102. The average molecular weight is 660 g/mol. The number of nitrogens with one attached hydrogen (secondary N) is 4. The minimum atomic E-state index is -1.05. The average Bonchev–Trinajstić information content (AvgIpc) is 3.10. The molecule has 6 N–H and O–H groups in total. The van der Waals surface area contributed by atoms with Crippen LogP contribution in [0.1, 0.15) is 42.9 Å². The van der Waals surface area contributed by atoms with Crippen LogP contribution in [0.5, 0.6) is 0 Å². The van der Waals surface area contributed by atoms with Gasteiger partial charge in [0.25, 0.3) is 0 Å². The normalized spacial score (nSPS) is 13.1. The standard InChI is InChI=1S/C36H45N5O7/c1-25(39-33(43)29(37)20-12-13-21-38-36(46)48-24-28-18-10-5-11-19-28)32(42)40-30(22-26-14-6-3-7-15-26)34(44)41-31(35(45)47-2)23-27-16-8-4-9-17-27/h3-11,14-19,25,29-31H,12-13,20-24,37H2,1-2H3,(H,38,46)(H,39,43)(H,40,42)(H,41,44)/t25-,29-,30+,31+/m1/s1. The van der Waals surface area contributed by atoms with Crippen molar-refractivity contribution in [1.82, 2.24) is 21.3 Å². The van der Waals surface area contributed by atoms with Crippen LogP contribution in [0.2, 0.25) is 0 Å². The topological polar surface area (TPSA) is 178 Å². The molecule has 12 heteroatoms. The summed E-state index contributed by atoms with van der Waals surface area (Å²) in [6.07, 6.45) is 1.27. The number of carbonyl (C=O) groups is 5. The Bertz CT molecular complexity index is 1460. The lowest BCUT2D eigenvalue weighted by Gasteiger charge is -2.24. The molecule has 12 nitrogen and oxygen atoms in total. The number of methoxy groups -OCH3 is 1. The fraction of sp³-hybridized carbons (Fsp3) is 0.361. The monoisotopic (exact) mass is 659 g/mol. The van der Waals surface area contributed by atoms with E-state index in [1.54, 1.807) is 0 Å². The molecule has 0 saturated heterocycles. The van der Waals surface area contributed by atoms with E-state index in [0.29, 0.717) is 25.8 Å². The maximum atomic E-state index is 13.5. The highest BCUT2D eigenvalue weighted by molar-refractivity contribution is 5.94. The summed E-state index contributed by atoms with van der Waals surface area (Å²) in [5.74, 6) is -2.32. The summed E-state index contributed by atoms with van der Waals surface area (Å²) in [4.78, 5) is 63.9. The fourth-order valence-corrected chi connectivity index (χ4v) is 4.78. The lowest BCUT2D eigenvalue weighted by atomic mass is 10.0. The second-order valence-electron chi connectivity index (χ2n) is 11.3. The largest absolute Gasteiger partial charge is 0.467 e. The number of carbonyl (C=O) groups excluding carboxylic acids is 5. The van der Waals surface area contributed by atoms with Crippen molar-refractivity contribution < 1.29 is 33.4 Å². The predicted molar refractivity (Wildman–Crippen MR) is 180 cm³/mol. The molecule has 0 radical (unpaired) electrons. The highest BCUT2D eigenvalue weighted by atomic mass is 16.5. The Morgan fingerprint density at radius 2 is 1.19 bits per heavy atom. The Labute approximate surface area is 281 Å². The van der Waals surface area contributed by atoms with Gasteiger partial charge in [0.15, 0.2) is 0 Å². The van der Waals surface area contributed by atoms with Crippen molar-refractivity contribution in [3.8, 4) is 0 Å². The zero-order chi connectivity index (χ0) is 34.7. The van der Waals surface area contributed by atoms with E-state index in [0.717, 1.165) is 16.7 Å². The van der Waals surface area contributed by atoms with Crippen LogP contribution in [-0.4, -0.2) is 67.6 Å². The highest BCUT2D eigenvalue weighted by Crippen LogP contribution is 2.09. The van der Waals surface area contributed by atoms with Crippen molar-refractivity contribution in [2.24, 2.45) is 5.73 Å². The number of rotatable bonds is 18. The molecule has 0 aliphatic carbocycles. The van der Waals surface area contributed by atoms with Crippen molar-refractivity contribution in [2.45, 2.75) is 69.8 Å². The van der Waals surface area contributed by atoms with E-state index >= 15 is 0 Å². The van der Waals surface area contributed by atoms with E-state index in [-0.39, 0.29) is 19.4 Å². The van der Waals surface area contributed by atoms with Gasteiger partial charge in [-0.15, -0.1) is 0 Å². The molecule has 0 saturated carbocycles. The smallest absolute Gasteiger partial charge is 0.407 e. The summed E-state index contributed by atoms with van der Waals surface area (Å²) in [5, 5.41) is 10.7. The predicted octanol–water partition coefficient (Wildman–Crippen LogP) is 2.54. The third kappa shape index (κ3) is 13.2. The van der Waals surface area contributed by atoms with Gasteiger partial charge in [0.05, 0.1) is 13.2 Å². The first-order valence-corrected chi connectivity index (χ1v) is 15.9. The number of amides is 4. The SMILES string of the molecule is COC(=O)[C@H](Cc1ccccc1)NC(=O)[C@H](Cc1ccccc1)NC(=O)[C@@H](C)NC(=O)[C@H](N)CCCCNC(=O)OCc1ccccc1. The zero-order valence-corrected chi connectivity index (χ0v) is 27.4. The number of unbranched alkanes of at least 4 members (excludes halogenated alkanes) is 1. The lowest BCUT2D eigenvalue weighted by Crippen LogP contribution is -2.57. The Kier molecular flexibility index (Phi) is 15.6. The van der Waals surface area contributed by atoms with E-state index in [2.05, 4.69) is 21.3 Å². The van der Waals surface area contributed by atoms with Gasteiger partial charge in [-0.1, -0.05) is 91.0 Å². The number of hydrogen-bond acceptors (Lipinski definition) is 8. The molecule has 3 rings (SSSR count). The van der Waals surface area contributed by atoms with Gasteiger partial charge in [-0.2, -0.15) is 0 Å². The van der Waals surface area contributed by atoms with Gasteiger partial charge in [0.2, 0.25) is 17.7 Å². The van der Waals surface area contributed by atoms with Crippen molar-refractivity contribution in [2.75, 3.05) is 13.7 Å². The molecule has 0 aromatic heterocycles. The first-order chi connectivity index (χ1) is 23.2. The first kappa shape index (κ1) is 37.2. The molecule has 0 aliphatic heterocycles. The third-order valence-corrected chi connectivity index (χ3v) is 7.51. The number of benzene rings is 3. The Morgan fingerprint density at radius 3 is 1.75 bits per heavy atom. The highest BCUT2D eigenvalue weighted by Gasteiger charge is 2.29. The van der Waals surface area contributed by atoms with Gasteiger partial charge < -0.3 is 36.5 Å². The Morgan fingerprint density at radius 1 is 0.667 bits per heavy atom. The summed E-state index contributed by atoms with van der Waals surface area (Å²) in [7, 11) is 1.24. The van der Waals surface area contributed by atoms with E-state index in [1.165, 1.54) is 14.0 Å². The van der Waals surface area contributed by atoms with E-state index < -0.39 is 54.0 Å². The van der Waals surface area contributed by atoms with Crippen LogP contribution in [0.15, 0.2) is 91.0 Å². The van der Waals surface area contributed by atoms with E-state index in [9.17, 15) is 24.0 Å². The van der Waals surface area contributed by atoms with Crippen LogP contribution in [0.3, 0.4) is 0 Å². The van der Waals surface area contributed by atoms with Crippen molar-refractivity contribution in [1.29, 1.82) is 0 Å². The van der Waals surface area contributed by atoms with Crippen LogP contribution in [-0.2, 0) is 48.1 Å². The molecule has 0 heterocycles. The van der Waals surface area contributed by atoms with Gasteiger partial charge in [0.1, 0.15) is 24.7 Å². The van der Waals surface area contributed by atoms with Gasteiger partial charge in [-0.05, 0) is 42.9 Å². The Hall–Kier alpha value is -5.23.